The van der Waals surface area contributed by atoms with Crippen LogP contribution in [0, 0.1) is 5.92 Å². The molecule has 1 amide bonds. The zero-order chi connectivity index (χ0) is 12.0. The molecule has 16 heavy (non-hydrogen) atoms. The summed E-state index contributed by atoms with van der Waals surface area (Å²) in [6.45, 7) is 5.44. The zero-order valence-corrected chi connectivity index (χ0v) is 10.3. The van der Waals surface area contributed by atoms with Crippen molar-refractivity contribution < 1.29 is 9.90 Å². The van der Waals surface area contributed by atoms with Crippen molar-refractivity contribution in [3.05, 3.63) is 0 Å². The third-order valence-corrected chi connectivity index (χ3v) is 3.13. The van der Waals surface area contributed by atoms with Gasteiger partial charge in [0.25, 0.3) is 0 Å². The summed E-state index contributed by atoms with van der Waals surface area (Å²) >= 11 is 0. The first-order valence-corrected chi connectivity index (χ1v) is 6.32. The molecule has 4 heteroatoms. The van der Waals surface area contributed by atoms with Gasteiger partial charge in [0.1, 0.15) is 0 Å². The number of amides is 1. The molecule has 0 aromatic carbocycles. The van der Waals surface area contributed by atoms with Gasteiger partial charge in [0.05, 0.1) is 6.10 Å². The van der Waals surface area contributed by atoms with E-state index < -0.39 is 6.10 Å². The Morgan fingerprint density at radius 3 is 3.00 bits per heavy atom. The summed E-state index contributed by atoms with van der Waals surface area (Å²) < 4.78 is 0. The summed E-state index contributed by atoms with van der Waals surface area (Å²) in [6, 6.07) is 0.421. The number of carbonyl (C=O) groups excluding carboxylic acids is 1. The highest BCUT2D eigenvalue weighted by atomic mass is 16.3. The van der Waals surface area contributed by atoms with E-state index >= 15 is 0 Å². The second kappa shape index (κ2) is 6.86. The van der Waals surface area contributed by atoms with E-state index in [2.05, 4.69) is 17.6 Å². The van der Waals surface area contributed by atoms with E-state index in [1.165, 1.54) is 0 Å². The number of piperidine rings is 1. The van der Waals surface area contributed by atoms with Crippen LogP contribution < -0.4 is 10.6 Å². The summed E-state index contributed by atoms with van der Waals surface area (Å²) in [6.07, 6.45) is 3.10. The van der Waals surface area contributed by atoms with Crippen molar-refractivity contribution in [3.8, 4) is 0 Å². The minimum Gasteiger partial charge on any atom is -0.391 e. The fourth-order valence-corrected chi connectivity index (χ4v) is 2.17. The Balaban J connectivity index is 2.23. The largest absolute Gasteiger partial charge is 0.391 e. The van der Waals surface area contributed by atoms with Crippen LogP contribution in [0.2, 0.25) is 0 Å². The Hall–Kier alpha value is -0.610. The average Bonchev–Trinajstić information content (AvgIpc) is 2.26. The Kier molecular flexibility index (Phi) is 5.77. The molecule has 1 aliphatic rings. The number of rotatable bonds is 5. The molecule has 1 heterocycles. The van der Waals surface area contributed by atoms with Crippen molar-refractivity contribution in [3.63, 3.8) is 0 Å². The standard InChI is InChI=1S/C12H24N2O2/c1-3-4-11(15)8-14-12(16)10-5-6-13-9(2)7-10/h9-11,13,15H,3-8H2,1-2H3,(H,14,16). The van der Waals surface area contributed by atoms with Gasteiger partial charge in [0.2, 0.25) is 5.91 Å². The predicted molar refractivity (Wildman–Crippen MR) is 64.1 cm³/mol. The highest BCUT2D eigenvalue weighted by molar-refractivity contribution is 5.78. The summed E-state index contributed by atoms with van der Waals surface area (Å²) in [5.41, 5.74) is 0. The molecule has 0 aromatic heterocycles. The van der Waals surface area contributed by atoms with Crippen molar-refractivity contribution >= 4 is 5.91 Å². The van der Waals surface area contributed by atoms with Crippen molar-refractivity contribution in [1.82, 2.24) is 10.6 Å². The van der Waals surface area contributed by atoms with Gasteiger partial charge in [-0.25, -0.2) is 0 Å². The van der Waals surface area contributed by atoms with Gasteiger partial charge < -0.3 is 15.7 Å². The quantitative estimate of drug-likeness (QED) is 0.647. The smallest absolute Gasteiger partial charge is 0.223 e. The molecule has 3 atom stereocenters. The maximum atomic E-state index is 11.8. The molecule has 1 fully saturated rings. The monoisotopic (exact) mass is 228 g/mol. The number of nitrogens with one attached hydrogen (secondary N) is 2. The molecule has 0 spiro atoms. The van der Waals surface area contributed by atoms with Crippen LogP contribution >= 0.6 is 0 Å². The first-order chi connectivity index (χ1) is 7.63. The molecule has 0 aromatic rings. The number of carbonyl (C=O) groups is 1. The Labute approximate surface area is 97.8 Å². The number of aliphatic hydroxyl groups excluding tert-OH is 1. The summed E-state index contributed by atoms with van der Waals surface area (Å²) in [5, 5.41) is 15.7. The minimum atomic E-state index is -0.395. The topological polar surface area (TPSA) is 61.4 Å². The lowest BCUT2D eigenvalue weighted by Crippen LogP contribution is -2.44. The van der Waals surface area contributed by atoms with E-state index in [4.69, 9.17) is 0 Å². The maximum absolute atomic E-state index is 11.8. The van der Waals surface area contributed by atoms with E-state index in [-0.39, 0.29) is 11.8 Å². The average molecular weight is 228 g/mol. The third kappa shape index (κ3) is 4.49. The zero-order valence-electron chi connectivity index (χ0n) is 10.3. The number of hydrogen-bond acceptors (Lipinski definition) is 3. The van der Waals surface area contributed by atoms with Gasteiger partial charge >= 0.3 is 0 Å². The predicted octanol–water partition coefficient (Wildman–Crippen LogP) is 0.652. The third-order valence-electron chi connectivity index (χ3n) is 3.13. The highest BCUT2D eigenvalue weighted by Crippen LogP contribution is 2.15. The van der Waals surface area contributed by atoms with Crippen molar-refractivity contribution in [2.24, 2.45) is 5.92 Å². The molecule has 0 aliphatic carbocycles. The minimum absolute atomic E-state index is 0.100. The van der Waals surface area contributed by atoms with Crippen LogP contribution in [0.15, 0.2) is 0 Å². The first kappa shape index (κ1) is 13.5. The van der Waals surface area contributed by atoms with E-state index in [1.54, 1.807) is 0 Å². The van der Waals surface area contributed by atoms with Gasteiger partial charge in [-0.15, -0.1) is 0 Å². The maximum Gasteiger partial charge on any atom is 0.223 e. The van der Waals surface area contributed by atoms with E-state index in [9.17, 15) is 9.90 Å². The van der Waals surface area contributed by atoms with Gasteiger partial charge in [0.15, 0.2) is 0 Å². The van der Waals surface area contributed by atoms with Gasteiger partial charge in [0, 0.05) is 18.5 Å². The molecule has 1 rings (SSSR count). The molecule has 3 unspecified atom stereocenters. The molecule has 0 bridgehead atoms. The first-order valence-electron chi connectivity index (χ1n) is 6.32. The van der Waals surface area contributed by atoms with E-state index in [0.29, 0.717) is 12.6 Å². The summed E-state index contributed by atoms with van der Waals surface area (Å²) in [5.74, 6) is 0.216. The fraction of sp³-hybridized carbons (Fsp3) is 0.917. The molecule has 4 nitrogen and oxygen atoms in total. The lowest BCUT2D eigenvalue weighted by Gasteiger charge is -2.27. The number of hydrogen-bond donors (Lipinski definition) is 3. The fourth-order valence-electron chi connectivity index (χ4n) is 2.17. The van der Waals surface area contributed by atoms with Crippen LogP contribution in [0.5, 0.6) is 0 Å². The molecular formula is C12H24N2O2. The summed E-state index contributed by atoms with van der Waals surface area (Å²) in [4.78, 5) is 11.8. The Morgan fingerprint density at radius 2 is 2.38 bits per heavy atom. The van der Waals surface area contributed by atoms with E-state index in [0.717, 1.165) is 32.2 Å². The second-order valence-corrected chi connectivity index (χ2v) is 4.76. The van der Waals surface area contributed by atoms with Gasteiger partial charge in [-0.3, -0.25) is 4.79 Å². The summed E-state index contributed by atoms with van der Waals surface area (Å²) in [7, 11) is 0. The molecule has 1 saturated heterocycles. The highest BCUT2D eigenvalue weighted by Gasteiger charge is 2.24. The molecule has 3 N–H and O–H groups in total. The molecule has 1 aliphatic heterocycles. The Morgan fingerprint density at radius 1 is 1.62 bits per heavy atom. The second-order valence-electron chi connectivity index (χ2n) is 4.76. The molecular weight excluding hydrogens is 204 g/mol. The van der Waals surface area contributed by atoms with Crippen molar-refractivity contribution in [1.29, 1.82) is 0 Å². The van der Waals surface area contributed by atoms with Gasteiger partial charge in [-0.2, -0.15) is 0 Å². The molecule has 0 saturated carbocycles. The lowest BCUT2D eigenvalue weighted by molar-refractivity contribution is -0.126. The van der Waals surface area contributed by atoms with Crippen molar-refractivity contribution in [2.75, 3.05) is 13.1 Å². The van der Waals surface area contributed by atoms with Crippen LogP contribution in [-0.2, 0) is 4.79 Å². The van der Waals surface area contributed by atoms with Crippen LogP contribution in [0.4, 0.5) is 0 Å². The Bertz CT molecular complexity index is 221. The SMILES string of the molecule is CCCC(O)CNC(=O)C1CCNC(C)C1. The lowest BCUT2D eigenvalue weighted by atomic mass is 9.92. The molecule has 0 radical (unpaired) electrons. The van der Waals surface area contributed by atoms with Crippen LogP contribution in [0.25, 0.3) is 0 Å². The molecule has 94 valence electrons. The van der Waals surface area contributed by atoms with Crippen LogP contribution in [0.1, 0.15) is 39.5 Å². The van der Waals surface area contributed by atoms with Crippen LogP contribution in [0.3, 0.4) is 0 Å². The number of aliphatic hydroxyl groups is 1. The normalized spacial score (nSPS) is 27.4. The van der Waals surface area contributed by atoms with Gasteiger partial charge in [-0.05, 0) is 32.7 Å². The van der Waals surface area contributed by atoms with E-state index in [1.807, 2.05) is 6.92 Å². The van der Waals surface area contributed by atoms with Crippen LogP contribution in [-0.4, -0.2) is 36.2 Å². The van der Waals surface area contributed by atoms with Gasteiger partial charge in [-0.1, -0.05) is 13.3 Å². The van der Waals surface area contributed by atoms with Crippen molar-refractivity contribution in [2.45, 2.75) is 51.7 Å².